The van der Waals surface area contributed by atoms with Gasteiger partial charge in [0.2, 0.25) is 0 Å². The summed E-state index contributed by atoms with van der Waals surface area (Å²) in [7, 11) is -0.0171. The van der Waals surface area contributed by atoms with Gasteiger partial charge in [-0.05, 0) is 54.8 Å². The van der Waals surface area contributed by atoms with Crippen LogP contribution in [0.25, 0.3) is 11.0 Å². The predicted molar refractivity (Wildman–Crippen MR) is 125 cm³/mol. The molecule has 6 nitrogen and oxygen atoms in total. The summed E-state index contributed by atoms with van der Waals surface area (Å²) in [6, 6.07) is 12.5. The fourth-order valence-electron chi connectivity index (χ4n) is 3.99. The lowest BCUT2D eigenvalue weighted by Gasteiger charge is -2.18. The second-order valence-corrected chi connectivity index (χ2v) is 9.60. The summed E-state index contributed by atoms with van der Waals surface area (Å²) < 4.78 is 51.2. The van der Waals surface area contributed by atoms with Gasteiger partial charge in [0.25, 0.3) is 5.56 Å². The van der Waals surface area contributed by atoms with Gasteiger partial charge in [0.05, 0.1) is 22.6 Å². The first-order valence-electron chi connectivity index (χ1n) is 10.4. The number of nitrogens with one attached hydrogen (secondary N) is 2. The molecule has 1 aliphatic carbocycles. The molecule has 1 saturated carbocycles. The number of hydrogen-bond donors (Lipinski definition) is 2. The topological polar surface area (TPSA) is 76.3 Å². The molecule has 3 atom stereocenters. The van der Waals surface area contributed by atoms with Gasteiger partial charge in [0, 0.05) is 13.0 Å². The number of aromatic nitrogens is 1. The Balaban J connectivity index is 1.51. The molecule has 0 aliphatic heterocycles. The van der Waals surface area contributed by atoms with E-state index in [0.29, 0.717) is 17.5 Å². The molecule has 170 valence electrons. The Morgan fingerprint density at radius 3 is 2.73 bits per heavy atom. The van der Waals surface area contributed by atoms with Crippen molar-refractivity contribution < 1.29 is 17.4 Å². The molecule has 0 saturated heterocycles. The lowest BCUT2D eigenvalue weighted by atomic mass is 10.1. The summed E-state index contributed by atoms with van der Waals surface area (Å²) in [5, 5.41) is 3.03. The van der Waals surface area contributed by atoms with Gasteiger partial charge in [-0.3, -0.25) is 14.1 Å². The SMILES string of the molecule is Cc1ccc(Nc2c(NS(=O)C3CC3c3cccc(F)c3)c3occc3c(=O)n2C)c(F)c1. The van der Waals surface area contributed by atoms with Crippen molar-refractivity contribution in [2.45, 2.75) is 24.5 Å². The van der Waals surface area contributed by atoms with Crippen LogP contribution in [0.2, 0.25) is 0 Å². The number of nitrogens with zero attached hydrogens (tertiary/aromatic N) is 1. The minimum absolute atomic E-state index is 0.0420. The van der Waals surface area contributed by atoms with Crippen LogP contribution in [0.1, 0.15) is 23.5 Å². The number of anilines is 3. The fraction of sp³-hybridized carbons (Fsp3) is 0.208. The Bertz CT molecular complexity index is 1460. The van der Waals surface area contributed by atoms with E-state index in [9.17, 15) is 17.8 Å². The van der Waals surface area contributed by atoms with E-state index in [1.165, 1.54) is 35.1 Å². The van der Waals surface area contributed by atoms with E-state index in [-0.39, 0.29) is 39.6 Å². The van der Waals surface area contributed by atoms with Crippen LogP contribution in [0.4, 0.5) is 26.0 Å². The summed E-state index contributed by atoms with van der Waals surface area (Å²) >= 11 is 0. The van der Waals surface area contributed by atoms with Crippen LogP contribution in [0.5, 0.6) is 0 Å². The van der Waals surface area contributed by atoms with Gasteiger partial charge in [-0.1, -0.05) is 18.2 Å². The summed E-state index contributed by atoms with van der Waals surface area (Å²) in [6.45, 7) is 1.78. The number of rotatable bonds is 6. The van der Waals surface area contributed by atoms with E-state index in [1.807, 2.05) is 6.07 Å². The van der Waals surface area contributed by atoms with Gasteiger partial charge >= 0.3 is 0 Å². The highest BCUT2D eigenvalue weighted by atomic mass is 32.2. The number of pyridine rings is 1. The van der Waals surface area contributed by atoms with Crippen LogP contribution in [0, 0.1) is 18.6 Å². The summed E-state index contributed by atoms with van der Waals surface area (Å²) in [6.07, 6.45) is 2.01. The Hall–Kier alpha value is -3.46. The van der Waals surface area contributed by atoms with E-state index in [0.717, 1.165) is 11.1 Å². The Labute approximate surface area is 190 Å². The molecule has 2 aromatic heterocycles. The average molecular weight is 470 g/mol. The summed E-state index contributed by atoms with van der Waals surface area (Å²) in [4.78, 5) is 12.8. The first-order valence-corrected chi connectivity index (χ1v) is 11.6. The lowest BCUT2D eigenvalue weighted by Crippen LogP contribution is -2.22. The predicted octanol–water partition coefficient (Wildman–Crippen LogP) is 5.09. The summed E-state index contributed by atoms with van der Waals surface area (Å²) in [5.41, 5.74) is 1.89. The number of aryl methyl sites for hydroxylation is 1. The highest BCUT2D eigenvalue weighted by molar-refractivity contribution is 7.87. The maximum absolute atomic E-state index is 14.5. The molecular formula is C24H21F2N3O3S. The molecule has 9 heteroatoms. The quantitative estimate of drug-likeness (QED) is 0.412. The largest absolute Gasteiger partial charge is 0.462 e. The van der Waals surface area contributed by atoms with E-state index in [4.69, 9.17) is 4.42 Å². The Kier molecular flexibility index (Phi) is 5.28. The maximum Gasteiger partial charge on any atom is 0.263 e. The zero-order valence-electron chi connectivity index (χ0n) is 17.9. The van der Waals surface area contributed by atoms with Gasteiger partial charge in [0.15, 0.2) is 5.58 Å². The number of hydrogen-bond acceptors (Lipinski definition) is 4. The monoisotopic (exact) mass is 469 g/mol. The van der Waals surface area contributed by atoms with Crippen LogP contribution < -0.4 is 15.6 Å². The van der Waals surface area contributed by atoms with Crippen LogP contribution in [0.15, 0.2) is 64.0 Å². The highest BCUT2D eigenvalue weighted by Crippen LogP contribution is 2.45. The smallest absolute Gasteiger partial charge is 0.263 e. The first-order chi connectivity index (χ1) is 15.8. The third-order valence-corrected chi connectivity index (χ3v) is 7.34. The van der Waals surface area contributed by atoms with Crippen molar-refractivity contribution in [1.82, 2.24) is 4.57 Å². The molecule has 3 unspecified atom stereocenters. The van der Waals surface area contributed by atoms with Crippen LogP contribution in [0.3, 0.4) is 0 Å². The number of benzene rings is 2. The molecule has 0 amide bonds. The molecule has 2 aromatic carbocycles. The van der Waals surface area contributed by atoms with Crippen LogP contribution in [-0.4, -0.2) is 14.0 Å². The standard InChI is InChI=1S/C24H21F2N3O3S/c1-13-6-7-19(18(26)10-13)27-23-21(22-16(8-9-32-22)24(30)29(23)2)28-33(31)20-12-17(20)14-4-3-5-15(25)11-14/h3-11,17,20,27-28H,12H2,1-2H3. The van der Waals surface area contributed by atoms with Gasteiger partial charge in [-0.25, -0.2) is 13.0 Å². The second kappa shape index (κ2) is 8.15. The van der Waals surface area contributed by atoms with E-state index in [1.54, 1.807) is 32.2 Å². The van der Waals surface area contributed by atoms with Crippen molar-refractivity contribution in [3.05, 3.63) is 87.9 Å². The zero-order chi connectivity index (χ0) is 23.3. The second-order valence-electron chi connectivity index (χ2n) is 8.19. The van der Waals surface area contributed by atoms with Gasteiger partial charge < -0.3 is 9.73 Å². The molecule has 2 N–H and O–H groups in total. The molecule has 0 spiro atoms. The highest BCUT2D eigenvalue weighted by Gasteiger charge is 2.44. The zero-order valence-corrected chi connectivity index (χ0v) is 18.7. The molecular weight excluding hydrogens is 448 g/mol. The normalized spacial score (nSPS) is 18.3. The Morgan fingerprint density at radius 1 is 1.15 bits per heavy atom. The van der Waals surface area contributed by atoms with E-state index < -0.39 is 16.8 Å². The molecule has 1 aliphatic rings. The van der Waals surface area contributed by atoms with Gasteiger partial charge in [-0.2, -0.15) is 0 Å². The molecule has 33 heavy (non-hydrogen) atoms. The van der Waals surface area contributed by atoms with Crippen molar-refractivity contribution in [2.75, 3.05) is 10.0 Å². The molecule has 4 aromatic rings. The minimum Gasteiger partial charge on any atom is -0.462 e. The van der Waals surface area contributed by atoms with Crippen molar-refractivity contribution in [1.29, 1.82) is 0 Å². The molecule has 2 heterocycles. The van der Waals surface area contributed by atoms with Crippen molar-refractivity contribution in [2.24, 2.45) is 7.05 Å². The minimum atomic E-state index is -1.56. The molecule has 5 rings (SSSR count). The third-order valence-electron chi connectivity index (χ3n) is 5.86. The number of furan rings is 1. The summed E-state index contributed by atoms with van der Waals surface area (Å²) in [5.74, 6) is -0.637. The van der Waals surface area contributed by atoms with Crippen molar-refractivity contribution >= 4 is 39.1 Å². The molecule has 1 fully saturated rings. The van der Waals surface area contributed by atoms with Crippen LogP contribution >= 0.6 is 0 Å². The first kappa shape index (κ1) is 21.4. The van der Waals surface area contributed by atoms with Crippen LogP contribution in [-0.2, 0) is 18.0 Å². The fourth-order valence-corrected chi connectivity index (χ4v) is 5.37. The van der Waals surface area contributed by atoms with E-state index >= 15 is 0 Å². The van der Waals surface area contributed by atoms with Gasteiger partial charge in [-0.15, -0.1) is 0 Å². The van der Waals surface area contributed by atoms with Crippen molar-refractivity contribution in [3.8, 4) is 0 Å². The number of fused-ring (bicyclic) bond motifs is 1. The lowest BCUT2D eigenvalue weighted by molar-refractivity contribution is 0.615. The maximum atomic E-state index is 14.5. The third kappa shape index (κ3) is 3.93. The van der Waals surface area contributed by atoms with Crippen molar-refractivity contribution in [3.63, 3.8) is 0 Å². The Morgan fingerprint density at radius 2 is 1.97 bits per heavy atom. The average Bonchev–Trinajstić information content (AvgIpc) is 3.44. The molecule has 0 radical (unpaired) electrons. The number of halogens is 2. The van der Waals surface area contributed by atoms with Gasteiger partial charge in [0.1, 0.15) is 34.1 Å². The van der Waals surface area contributed by atoms with E-state index in [2.05, 4.69) is 10.0 Å². The molecule has 0 bridgehead atoms.